The summed E-state index contributed by atoms with van der Waals surface area (Å²) in [5.74, 6) is -5.96. The first-order chi connectivity index (χ1) is 17.6. The summed E-state index contributed by atoms with van der Waals surface area (Å²) >= 11 is 0.920. The van der Waals surface area contributed by atoms with Gasteiger partial charge in [-0.15, -0.1) is 0 Å². The van der Waals surface area contributed by atoms with Crippen molar-refractivity contribution in [3.05, 3.63) is 53.1 Å². The van der Waals surface area contributed by atoms with Crippen LogP contribution >= 0.6 is 11.8 Å². The maximum atomic E-state index is 14.3. The highest BCUT2D eigenvalue weighted by Gasteiger charge is 2.30. The molecule has 37 heavy (non-hydrogen) atoms. The molecule has 12 heteroatoms. The van der Waals surface area contributed by atoms with Gasteiger partial charge in [0, 0.05) is 37.1 Å². The second-order valence-electron chi connectivity index (χ2n) is 9.64. The maximum absolute atomic E-state index is 14.3. The van der Waals surface area contributed by atoms with Crippen LogP contribution in [0.5, 0.6) is 0 Å². The molecule has 5 rings (SSSR count). The first-order valence-electron chi connectivity index (χ1n) is 12.2. The van der Waals surface area contributed by atoms with Gasteiger partial charge in [0.25, 0.3) is 0 Å². The van der Waals surface area contributed by atoms with Gasteiger partial charge >= 0.3 is 0 Å². The van der Waals surface area contributed by atoms with Gasteiger partial charge in [-0.1, -0.05) is 18.7 Å². The number of imidazole rings is 1. The summed E-state index contributed by atoms with van der Waals surface area (Å²) in [7, 11) is -3.72. The van der Waals surface area contributed by atoms with E-state index in [2.05, 4.69) is 4.98 Å². The Labute approximate surface area is 217 Å². The van der Waals surface area contributed by atoms with Gasteiger partial charge in [-0.05, 0) is 49.8 Å². The summed E-state index contributed by atoms with van der Waals surface area (Å²) in [5.41, 5.74) is 0.314. The topological polar surface area (TPSA) is 64.4 Å². The number of ether oxygens (including phenoxy) is 1. The van der Waals surface area contributed by atoms with Gasteiger partial charge in [0.1, 0.15) is 0 Å². The summed E-state index contributed by atoms with van der Waals surface area (Å²) in [5, 5.41) is 0.343. The molecule has 0 unspecified atom stereocenters. The standard InChI is InChI=1S/C25H27F4N3O3S2/c1-15-4-2-8-31(12-15)37(33,34)17-6-7-22-21(10-17)30-25(32(22)13-16-5-3-9-35-16)36-14-18-23(28)19(26)11-20(27)24(18)29/h6-7,10-11,15-16H,2-5,8-9,12-14H2,1H3/t15-,16-/m0/s1. The van der Waals surface area contributed by atoms with Crippen molar-refractivity contribution in [1.29, 1.82) is 0 Å². The molecule has 2 aliphatic heterocycles. The Kier molecular flexibility index (Phi) is 7.54. The first kappa shape index (κ1) is 26.5. The second kappa shape index (κ2) is 10.5. The number of piperidine rings is 1. The largest absolute Gasteiger partial charge is 0.376 e. The highest BCUT2D eigenvalue weighted by molar-refractivity contribution is 7.98. The third-order valence-corrected chi connectivity index (χ3v) is 9.76. The lowest BCUT2D eigenvalue weighted by atomic mass is 10.0. The Hall–Kier alpha value is -2.15. The molecule has 200 valence electrons. The van der Waals surface area contributed by atoms with E-state index in [-0.39, 0.29) is 23.0 Å². The third-order valence-electron chi connectivity index (χ3n) is 6.90. The van der Waals surface area contributed by atoms with Crippen LogP contribution in [0.2, 0.25) is 0 Å². The monoisotopic (exact) mass is 557 g/mol. The van der Waals surface area contributed by atoms with Gasteiger partial charge in [0.2, 0.25) is 10.0 Å². The number of nitrogens with zero attached hydrogens (tertiary/aromatic N) is 3. The van der Waals surface area contributed by atoms with Crippen LogP contribution in [-0.2, 0) is 27.1 Å². The minimum absolute atomic E-state index is 0.102. The highest BCUT2D eigenvalue weighted by Crippen LogP contribution is 2.33. The van der Waals surface area contributed by atoms with E-state index in [4.69, 9.17) is 4.74 Å². The minimum Gasteiger partial charge on any atom is -0.376 e. The number of sulfonamides is 1. The minimum atomic E-state index is -3.72. The lowest BCUT2D eigenvalue weighted by Crippen LogP contribution is -2.39. The maximum Gasteiger partial charge on any atom is 0.243 e. The third kappa shape index (κ3) is 5.25. The molecule has 0 spiro atoms. The molecule has 0 amide bonds. The van der Waals surface area contributed by atoms with Crippen LogP contribution in [0.25, 0.3) is 11.0 Å². The van der Waals surface area contributed by atoms with E-state index in [0.29, 0.717) is 42.4 Å². The number of fused-ring (bicyclic) bond motifs is 1. The Morgan fingerprint density at radius 2 is 1.84 bits per heavy atom. The molecule has 0 radical (unpaired) electrons. The number of benzene rings is 2. The normalized spacial score (nSPS) is 21.2. The molecule has 2 fully saturated rings. The van der Waals surface area contributed by atoms with E-state index in [0.717, 1.165) is 37.4 Å². The number of hydrogen-bond acceptors (Lipinski definition) is 5. The molecule has 2 atom stereocenters. The number of thioether (sulfide) groups is 1. The molecular formula is C25H27F4N3O3S2. The fourth-order valence-corrected chi connectivity index (χ4v) is 7.56. The summed E-state index contributed by atoms with van der Waals surface area (Å²) < 4.78 is 91.6. The van der Waals surface area contributed by atoms with Crippen molar-refractivity contribution in [2.45, 2.75) is 61.1 Å². The zero-order valence-electron chi connectivity index (χ0n) is 20.2. The van der Waals surface area contributed by atoms with E-state index >= 15 is 0 Å². The molecular weight excluding hydrogens is 530 g/mol. The summed E-state index contributed by atoms with van der Waals surface area (Å²) in [6.45, 7) is 3.96. The van der Waals surface area contributed by atoms with Crippen molar-refractivity contribution < 1.29 is 30.7 Å². The molecule has 6 nitrogen and oxygen atoms in total. The van der Waals surface area contributed by atoms with Crippen molar-refractivity contribution in [2.75, 3.05) is 19.7 Å². The van der Waals surface area contributed by atoms with Crippen LogP contribution < -0.4 is 0 Å². The zero-order valence-corrected chi connectivity index (χ0v) is 21.9. The molecule has 3 aromatic rings. The summed E-state index contributed by atoms with van der Waals surface area (Å²) in [6, 6.07) is 4.89. The second-order valence-corrected chi connectivity index (χ2v) is 12.5. The van der Waals surface area contributed by atoms with Crippen molar-refractivity contribution in [1.82, 2.24) is 13.9 Å². The SMILES string of the molecule is C[C@H]1CCCN(S(=O)(=O)c2ccc3c(c2)nc(SCc2c(F)c(F)cc(F)c2F)n3C[C@@H]2CCCO2)C1. The summed E-state index contributed by atoms with van der Waals surface area (Å²) in [6.07, 6.45) is 3.40. The Balaban J connectivity index is 1.50. The molecule has 0 N–H and O–H groups in total. The van der Waals surface area contributed by atoms with Crippen molar-refractivity contribution >= 4 is 32.8 Å². The van der Waals surface area contributed by atoms with Crippen molar-refractivity contribution in [3.63, 3.8) is 0 Å². The van der Waals surface area contributed by atoms with E-state index in [1.807, 2.05) is 6.92 Å². The highest BCUT2D eigenvalue weighted by atomic mass is 32.2. The van der Waals surface area contributed by atoms with Crippen LogP contribution in [-0.4, -0.2) is 48.1 Å². The van der Waals surface area contributed by atoms with Crippen molar-refractivity contribution in [3.8, 4) is 0 Å². The number of hydrogen-bond donors (Lipinski definition) is 0. The van der Waals surface area contributed by atoms with Crippen LogP contribution in [0.1, 0.15) is 38.2 Å². The number of aromatic nitrogens is 2. The number of halogens is 4. The number of rotatable bonds is 7. The fourth-order valence-electron chi connectivity index (χ4n) is 4.93. The van der Waals surface area contributed by atoms with E-state index < -0.39 is 44.6 Å². The molecule has 1 aromatic heterocycles. The molecule has 0 bridgehead atoms. The predicted octanol–water partition coefficient (Wildman–Crippen LogP) is 5.48. The van der Waals surface area contributed by atoms with Crippen LogP contribution in [0, 0.1) is 29.2 Å². The lowest BCUT2D eigenvalue weighted by Gasteiger charge is -2.30. The molecule has 2 aliphatic rings. The lowest BCUT2D eigenvalue weighted by molar-refractivity contribution is 0.0960. The fraction of sp³-hybridized carbons (Fsp3) is 0.480. The van der Waals surface area contributed by atoms with Gasteiger partial charge in [0.05, 0.1) is 28.6 Å². The molecule has 3 heterocycles. The van der Waals surface area contributed by atoms with Gasteiger partial charge in [-0.3, -0.25) is 0 Å². The molecule has 0 aliphatic carbocycles. The van der Waals surface area contributed by atoms with Gasteiger partial charge in [-0.25, -0.2) is 31.0 Å². The Morgan fingerprint density at radius 1 is 1.08 bits per heavy atom. The van der Waals surface area contributed by atoms with Crippen molar-refractivity contribution in [2.24, 2.45) is 5.92 Å². The Morgan fingerprint density at radius 3 is 2.51 bits per heavy atom. The van der Waals surface area contributed by atoms with Crippen LogP contribution in [0.3, 0.4) is 0 Å². The van der Waals surface area contributed by atoms with Gasteiger partial charge < -0.3 is 9.30 Å². The van der Waals surface area contributed by atoms with Crippen LogP contribution in [0.15, 0.2) is 34.3 Å². The average molecular weight is 558 g/mol. The first-order valence-corrected chi connectivity index (χ1v) is 14.6. The molecule has 0 saturated carbocycles. The quantitative estimate of drug-likeness (QED) is 0.219. The predicted molar refractivity (Wildman–Crippen MR) is 132 cm³/mol. The average Bonchev–Trinajstić information content (AvgIpc) is 3.51. The van der Waals surface area contributed by atoms with E-state index in [1.54, 1.807) is 16.7 Å². The zero-order chi connectivity index (χ0) is 26.3. The molecule has 2 saturated heterocycles. The van der Waals surface area contributed by atoms with Gasteiger partial charge in [0.15, 0.2) is 28.4 Å². The van der Waals surface area contributed by atoms with E-state index in [9.17, 15) is 26.0 Å². The smallest absolute Gasteiger partial charge is 0.243 e. The van der Waals surface area contributed by atoms with Crippen LogP contribution in [0.4, 0.5) is 17.6 Å². The Bertz CT molecular complexity index is 1400. The summed E-state index contributed by atoms with van der Waals surface area (Å²) in [4.78, 5) is 4.69. The molecule has 2 aromatic carbocycles. The van der Waals surface area contributed by atoms with Gasteiger partial charge in [-0.2, -0.15) is 4.31 Å². The van der Waals surface area contributed by atoms with E-state index in [1.165, 1.54) is 10.4 Å².